The van der Waals surface area contributed by atoms with Crippen LogP contribution in [0.15, 0.2) is 59.6 Å². The first kappa shape index (κ1) is 24.9. The van der Waals surface area contributed by atoms with Gasteiger partial charge >= 0.3 is 0 Å². The summed E-state index contributed by atoms with van der Waals surface area (Å²) in [7, 11) is -3.57. The molecule has 1 fully saturated rings. The van der Waals surface area contributed by atoms with Crippen molar-refractivity contribution >= 4 is 21.8 Å². The maximum absolute atomic E-state index is 12.9. The molecule has 0 spiro atoms. The first-order valence-electron chi connectivity index (χ1n) is 11.3. The topological polar surface area (TPSA) is 108 Å². The number of carbonyl (C=O) groups excluding carboxylic acids is 2. The molecule has 3 rings (SSSR count). The minimum atomic E-state index is -3.57. The van der Waals surface area contributed by atoms with Crippen molar-refractivity contribution in [2.45, 2.75) is 50.6 Å². The molecule has 33 heavy (non-hydrogen) atoms. The standard InChI is InChI=1S/C24H32N4O4S/c1-18(2)16-22(24(30)26-17-20-8-6-7-13-25-20)27-23(29)19-11-14-28(15-12-19)33(31,32)21-9-4-3-5-10-21/h3-10,13,18-19,22H,11-12,14-17H2,1-2H3,(H,26,30)(H,27,29). The summed E-state index contributed by atoms with van der Waals surface area (Å²) in [6.07, 6.45) is 3.02. The van der Waals surface area contributed by atoms with E-state index in [0.717, 1.165) is 5.69 Å². The zero-order valence-electron chi connectivity index (χ0n) is 19.1. The van der Waals surface area contributed by atoms with E-state index in [1.165, 1.54) is 4.31 Å². The fraction of sp³-hybridized carbons (Fsp3) is 0.458. The molecule has 1 aromatic heterocycles. The highest BCUT2D eigenvalue weighted by Crippen LogP contribution is 2.24. The lowest BCUT2D eigenvalue weighted by Gasteiger charge is -2.31. The predicted octanol–water partition coefficient (Wildman–Crippen LogP) is 2.33. The summed E-state index contributed by atoms with van der Waals surface area (Å²) >= 11 is 0. The Bertz CT molecular complexity index is 1020. The molecule has 1 saturated heterocycles. The number of piperidine rings is 1. The van der Waals surface area contributed by atoms with Crippen molar-refractivity contribution in [1.29, 1.82) is 0 Å². The molecule has 0 saturated carbocycles. The SMILES string of the molecule is CC(C)CC(NC(=O)C1CCN(S(=O)(=O)c2ccccc2)CC1)C(=O)NCc1ccccn1. The number of nitrogens with zero attached hydrogens (tertiary/aromatic N) is 2. The Morgan fingerprint density at radius 1 is 1.06 bits per heavy atom. The number of pyridine rings is 1. The molecule has 2 heterocycles. The van der Waals surface area contributed by atoms with Crippen LogP contribution in [0.5, 0.6) is 0 Å². The van der Waals surface area contributed by atoms with Crippen LogP contribution in [0, 0.1) is 11.8 Å². The lowest BCUT2D eigenvalue weighted by atomic mass is 9.95. The summed E-state index contributed by atoms with van der Waals surface area (Å²) in [5, 5.41) is 5.75. The van der Waals surface area contributed by atoms with Crippen molar-refractivity contribution in [3.8, 4) is 0 Å². The monoisotopic (exact) mass is 472 g/mol. The second-order valence-corrected chi connectivity index (χ2v) is 10.7. The third-order valence-corrected chi connectivity index (χ3v) is 7.63. The zero-order chi connectivity index (χ0) is 23.8. The molecule has 0 radical (unpaired) electrons. The first-order valence-corrected chi connectivity index (χ1v) is 12.7. The van der Waals surface area contributed by atoms with E-state index in [1.807, 2.05) is 32.0 Å². The molecule has 1 atom stereocenters. The number of aromatic nitrogens is 1. The summed E-state index contributed by atoms with van der Waals surface area (Å²) in [6, 6.07) is 13.2. The van der Waals surface area contributed by atoms with Crippen LogP contribution in [-0.4, -0.2) is 48.7 Å². The van der Waals surface area contributed by atoms with Crippen LogP contribution < -0.4 is 10.6 Å². The molecular weight excluding hydrogens is 440 g/mol. The molecular formula is C24H32N4O4S. The molecule has 2 amide bonds. The van der Waals surface area contributed by atoms with Gasteiger partial charge in [-0.25, -0.2) is 8.42 Å². The van der Waals surface area contributed by atoms with Crippen molar-refractivity contribution in [1.82, 2.24) is 19.9 Å². The third-order valence-electron chi connectivity index (χ3n) is 5.72. The summed E-state index contributed by atoms with van der Waals surface area (Å²) in [5.41, 5.74) is 0.743. The van der Waals surface area contributed by atoms with Gasteiger partial charge in [0.25, 0.3) is 0 Å². The number of nitrogens with one attached hydrogen (secondary N) is 2. The number of rotatable bonds is 9. The van der Waals surface area contributed by atoms with Gasteiger partial charge in [0.05, 0.1) is 17.1 Å². The van der Waals surface area contributed by atoms with Crippen molar-refractivity contribution in [3.63, 3.8) is 0 Å². The molecule has 1 aromatic carbocycles. The van der Waals surface area contributed by atoms with Crippen molar-refractivity contribution in [2.24, 2.45) is 11.8 Å². The molecule has 1 aliphatic heterocycles. The summed E-state index contributed by atoms with van der Waals surface area (Å²) < 4.78 is 27.0. The van der Waals surface area contributed by atoms with E-state index in [4.69, 9.17) is 0 Å². The quantitative estimate of drug-likeness (QED) is 0.582. The minimum Gasteiger partial charge on any atom is -0.349 e. The second kappa shape index (κ2) is 11.4. The number of hydrogen-bond donors (Lipinski definition) is 2. The predicted molar refractivity (Wildman–Crippen MR) is 125 cm³/mol. The molecule has 178 valence electrons. The molecule has 1 unspecified atom stereocenters. The average Bonchev–Trinajstić information content (AvgIpc) is 2.83. The summed E-state index contributed by atoms with van der Waals surface area (Å²) in [5.74, 6) is -0.559. The van der Waals surface area contributed by atoms with Crippen LogP contribution in [0.3, 0.4) is 0 Å². The van der Waals surface area contributed by atoms with E-state index in [9.17, 15) is 18.0 Å². The second-order valence-electron chi connectivity index (χ2n) is 8.72. The van der Waals surface area contributed by atoms with Crippen LogP contribution in [0.1, 0.15) is 38.8 Å². The van der Waals surface area contributed by atoms with Crippen LogP contribution in [-0.2, 0) is 26.2 Å². The van der Waals surface area contributed by atoms with E-state index < -0.39 is 16.1 Å². The van der Waals surface area contributed by atoms with Gasteiger partial charge in [0.15, 0.2) is 0 Å². The van der Waals surface area contributed by atoms with Crippen LogP contribution in [0.25, 0.3) is 0 Å². The van der Waals surface area contributed by atoms with Crippen molar-refractivity contribution < 1.29 is 18.0 Å². The third kappa shape index (κ3) is 6.85. The Hall–Kier alpha value is -2.78. The van der Waals surface area contributed by atoms with Gasteiger partial charge in [-0.1, -0.05) is 38.1 Å². The van der Waals surface area contributed by atoms with E-state index in [-0.39, 0.29) is 41.6 Å². The van der Waals surface area contributed by atoms with E-state index in [1.54, 1.807) is 36.5 Å². The number of carbonyl (C=O) groups is 2. The fourth-order valence-corrected chi connectivity index (χ4v) is 5.39. The lowest BCUT2D eigenvalue weighted by molar-refractivity contribution is -0.132. The van der Waals surface area contributed by atoms with Gasteiger partial charge in [0.1, 0.15) is 6.04 Å². The molecule has 9 heteroatoms. The largest absolute Gasteiger partial charge is 0.349 e. The van der Waals surface area contributed by atoms with Crippen LogP contribution in [0.2, 0.25) is 0 Å². The maximum Gasteiger partial charge on any atom is 0.243 e. The van der Waals surface area contributed by atoms with E-state index in [0.29, 0.717) is 25.8 Å². The molecule has 0 aliphatic carbocycles. The minimum absolute atomic E-state index is 0.203. The lowest BCUT2D eigenvalue weighted by Crippen LogP contribution is -2.50. The summed E-state index contributed by atoms with van der Waals surface area (Å²) in [4.78, 5) is 30.2. The average molecular weight is 473 g/mol. The fourth-order valence-electron chi connectivity index (χ4n) is 3.90. The van der Waals surface area contributed by atoms with Crippen LogP contribution >= 0.6 is 0 Å². The highest BCUT2D eigenvalue weighted by atomic mass is 32.2. The van der Waals surface area contributed by atoms with Gasteiger partial charge in [0.2, 0.25) is 21.8 Å². The number of sulfonamides is 1. The van der Waals surface area contributed by atoms with Gasteiger partial charge in [-0.05, 0) is 49.4 Å². The Morgan fingerprint density at radius 3 is 2.33 bits per heavy atom. The van der Waals surface area contributed by atoms with E-state index in [2.05, 4.69) is 15.6 Å². The Morgan fingerprint density at radius 2 is 1.73 bits per heavy atom. The molecule has 2 N–H and O–H groups in total. The highest BCUT2D eigenvalue weighted by molar-refractivity contribution is 7.89. The van der Waals surface area contributed by atoms with Crippen LogP contribution in [0.4, 0.5) is 0 Å². The number of amides is 2. The van der Waals surface area contributed by atoms with Gasteiger partial charge in [0, 0.05) is 25.2 Å². The van der Waals surface area contributed by atoms with Crippen molar-refractivity contribution in [3.05, 3.63) is 60.4 Å². The molecule has 0 bridgehead atoms. The smallest absolute Gasteiger partial charge is 0.243 e. The van der Waals surface area contributed by atoms with Gasteiger partial charge in [-0.2, -0.15) is 4.31 Å². The van der Waals surface area contributed by atoms with Gasteiger partial charge in [-0.15, -0.1) is 0 Å². The Balaban J connectivity index is 1.56. The van der Waals surface area contributed by atoms with Crippen molar-refractivity contribution in [2.75, 3.05) is 13.1 Å². The molecule has 8 nitrogen and oxygen atoms in total. The highest BCUT2D eigenvalue weighted by Gasteiger charge is 2.33. The Kier molecular flexibility index (Phi) is 8.57. The molecule has 1 aliphatic rings. The summed E-state index contributed by atoms with van der Waals surface area (Å²) in [6.45, 7) is 4.84. The van der Waals surface area contributed by atoms with Gasteiger partial charge < -0.3 is 10.6 Å². The first-order chi connectivity index (χ1) is 15.8. The molecule has 2 aromatic rings. The zero-order valence-corrected chi connectivity index (χ0v) is 19.9. The Labute approximate surface area is 195 Å². The maximum atomic E-state index is 12.9. The van der Waals surface area contributed by atoms with E-state index >= 15 is 0 Å². The number of benzene rings is 1. The normalized spacial score (nSPS) is 16.3. The van der Waals surface area contributed by atoms with Gasteiger partial charge in [-0.3, -0.25) is 14.6 Å². The number of hydrogen-bond acceptors (Lipinski definition) is 5.